The number of rotatable bonds is 4. The van der Waals surface area contributed by atoms with E-state index in [4.69, 9.17) is 10.5 Å². The molecule has 3 rings (SSSR count). The second-order valence-corrected chi connectivity index (χ2v) is 5.56. The summed E-state index contributed by atoms with van der Waals surface area (Å²) >= 11 is 0. The van der Waals surface area contributed by atoms with E-state index in [1.54, 1.807) is 0 Å². The molecule has 4 heteroatoms. The minimum absolute atomic E-state index is 0.109. The first-order valence-corrected chi connectivity index (χ1v) is 6.96. The smallest absolute Gasteiger partial charge is 0.227 e. The van der Waals surface area contributed by atoms with Crippen molar-refractivity contribution in [3.05, 3.63) is 29.3 Å². The van der Waals surface area contributed by atoms with Crippen LogP contribution in [0.3, 0.4) is 0 Å². The standard InChI is InChI=1S/C15H20N2O2/c16-10-15(5-1-6-15)14(18)17-9-11-2-3-13-12(8-11)4-7-19-13/h2-3,8H,1,4-7,9-10,16H2,(H,17,18). The Morgan fingerprint density at radius 2 is 2.26 bits per heavy atom. The van der Waals surface area contributed by atoms with Crippen LogP contribution < -0.4 is 15.8 Å². The molecule has 1 aromatic rings. The molecule has 1 heterocycles. The number of nitrogens with two attached hydrogens (primary N) is 1. The minimum atomic E-state index is -0.292. The van der Waals surface area contributed by atoms with Crippen LogP contribution in [0.15, 0.2) is 18.2 Å². The number of carbonyl (C=O) groups is 1. The van der Waals surface area contributed by atoms with Crippen molar-refractivity contribution in [2.75, 3.05) is 13.2 Å². The Hall–Kier alpha value is -1.55. The predicted molar refractivity (Wildman–Crippen MR) is 72.8 cm³/mol. The predicted octanol–water partition coefficient (Wildman–Crippen LogP) is 1.37. The van der Waals surface area contributed by atoms with Crippen LogP contribution in [-0.2, 0) is 17.8 Å². The van der Waals surface area contributed by atoms with Gasteiger partial charge in [-0.3, -0.25) is 4.79 Å². The van der Waals surface area contributed by atoms with Crippen LogP contribution in [0.4, 0.5) is 0 Å². The lowest BCUT2D eigenvalue weighted by molar-refractivity contribution is -0.135. The van der Waals surface area contributed by atoms with Gasteiger partial charge in [-0.1, -0.05) is 18.6 Å². The highest BCUT2D eigenvalue weighted by atomic mass is 16.5. The molecule has 0 radical (unpaired) electrons. The maximum atomic E-state index is 12.2. The molecule has 1 aliphatic heterocycles. The average Bonchev–Trinajstić information content (AvgIpc) is 2.83. The summed E-state index contributed by atoms with van der Waals surface area (Å²) in [5.74, 6) is 1.09. The summed E-state index contributed by atoms with van der Waals surface area (Å²) < 4.78 is 5.47. The summed E-state index contributed by atoms with van der Waals surface area (Å²) in [5.41, 5.74) is 7.81. The molecule has 4 nitrogen and oxygen atoms in total. The maximum Gasteiger partial charge on any atom is 0.227 e. The van der Waals surface area contributed by atoms with Gasteiger partial charge in [-0.2, -0.15) is 0 Å². The number of carbonyl (C=O) groups excluding carboxylic acids is 1. The van der Waals surface area contributed by atoms with Crippen molar-refractivity contribution in [2.24, 2.45) is 11.1 Å². The van der Waals surface area contributed by atoms with Crippen molar-refractivity contribution in [2.45, 2.75) is 32.2 Å². The molecule has 0 unspecified atom stereocenters. The summed E-state index contributed by atoms with van der Waals surface area (Å²) in [6, 6.07) is 6.13. The molecule has 3 N–H and O–H groups in total. The number of nitrogens with one attached hydrogen (secondary N) is 1. The van der Waals surface area contributed by atoms with Gasteiger partial charge in [-0.05, 0) is 30.0 Å². The van der Waals surface area contributed by atoms with Crippen molar-refractivity contribution in [3.63, 3.8) is 0 Å². The Kier molecular flexibility index (Phi) is 3.19. The molecule has 102 valence electrons. The van der Waals surface area contributed by atoms with E-state index in [1.807, 2.05) is 12.1 Å². The quantitative estimate of drug-likeness (QED) is 0.859. The molecule has 0 bridgehead atoms. The molecular weight excluding hydrogens is 240 g/mol. The van der Waals surface area contributed by atoms with E-state index in [1.165, 1.54) is 5.56 Å². The van der Waals surface area contributed by atoms with E-state index < -0.39 is 0 Å². The van der Waals surface area contributed by atoms with Gasteiger partial charge in [0.15, 0.2) is 0 Å². The maximum absolute atomic E-state index is 12.2. The molecule has 0 saturated heterocycles. The van der Waals surface area contributed by atoms with E-state index >= 15 is 0 Å². The van der Waals surface area contributed by atoms with Crippen LogP contribution in [0.1, 0.15) is 30.4 Å². The molecule has 2 aliphatic rings. The molecule has 1 aliphatic carbocycles. The van der Waals surface area contributed by atoms with Crippen LogP contribution in [-0.4, -0.2) is 19.1 Å². The number of hydrogen-bond acceptors (Lipinski definition) is 3. The Labute approximate surface area is 113 Å². The fraction of sp³-hybridized carbons (Fsp3) is 0.533. The van der Waals surface area contributed by atoms with E-state index in [9.17, 15) is 4.79 Å². The fourth-order valence-electron chi connectivity index (χ4n) is 2.85. The van der Waals surface area contributed by atoms with Crippen LogP contribution in [0, 0.1) is 5.41 Å². The second kappa shape index (κ2) is 4.85. The Bertz CT molecular complexity index is 489. The zero-order valence-electron chi connectivity index (χ0n) is 11.1. The van der Waals surface area contributed by atoms with Gasteiger partial charge in [0.25, 0.3) is 0 Å². The highest BCUT2D eigenvalue weighted by molar-refractivity contribution is 5.83. The first kappa shape index (κ1) is 12.5. The van der Waals surface area contributed by atoms with E-state index in [0.717, 1.165) is 43.6 Å². The summed E-state index contributed by atoms with van der Waals surface area (Å²) in [4.78, 5) is 12.2. The molecule has 19 heavy (non-hydrogen) atoms. The van der Waals surface area contributed by atoms with Gasteiger partial charge in [0.2, 0.25) is 5.91 Å². The monoisotopic (exact) mass is 260 g/mol. The highest BCUT2D eigenvalue weighted by Crippen LogP contribution is 2.40. The van der Waals surface area contributed by atoms with Crippen molar-refractivity contribution in [1.82, 2.24) is 5.32 Å². The van der Waals surface area contributed by atoms with Gasteiger partial charge in [0, 0.05) is 19.5 Å². The van der Waals surface area contributed by atoms with Crippen LogP contribution in [0.2, 0.25) is 0 Å². The third-order valence-electron chi connectivity index (χ3n) is 4.39. The zero-order chi connectivity index (χ0) is 13.3. The van der Waals surface area contributed by atoms with Gasteiger partial charge in [-0.25, -0.2) is 0 Å². The first-order valence-electron chi connectivity index (χ1n) is 6.96. The number of benzene rings is 1. The summed E-state index contributed by atoms with van der Waals surface area (Å²) in [5, 5.41) is 3.02. The molecule has 0 spiro atoms. The molecule has 1 aromatic carbocycles. The largest absolute Gasteiger partial charge is 0.493 e. The molecular formula is C15H20N2O2. The molecule has 1 fully saturated rings. The summed E-state index contributed by atoms with van der Waals surface area (Å²) in [6.45, 7) is 1.80. The number of ether oxygens (including phenoxy) is 1. The Morgan fingerprint density at radius 3 is 2.95 bits per heavy atom. The number of amides is 1. The zero-order valence-corrected chi connectivity index (χ0v) is 11.1. The van der Waals surface area contributed by atoms with Gasteiger partial charge >= 0.3 is 0 Å². The third kappa shape index (κ3) is 2.21. The SMILES string of the molecule is NCC1(C(=O)NCc2ccc3c(c2)CCO3)CCC1. The molecule has 0 atom stereocenters. The Balaban J connectivity index is 1.62. The lowest BCUT2D eigenvalue weighted by Gasteiger charge is -2.39. The summed E-state index contributed by atoms with van der Waals surface area (Å²) in [6.07, 6.45) is 3.92. The van der Waals surface area contributed by atoms with Gasteiger partial charge in [0.1, 0.15) is 5.75 Å². The van der Waals surface area contributed by atoms with Crippen LogP contribution >= 0.6 is 0 Å². The van der Waals surface area contributed by atoms with Crippen molar-refractivity contribution in [1.29, 1.82) is 0 Å². The van der Waals surface area contributed by atoms with Gasteiger partial charge in [0.05, 0.1) is 12.0 Å². The van der Waals surface area contributed by atoms with E-state index in [0.29, 0.717) is 13.1 Å². The second-order valence-electron chi connectivity index (χ2n) is 5.56. The van der Waals surface area contributed by atoms with Gasteiger partial charge < -0.3 is 15.8 Å². The molecule has 0 aromatic heterocycles. The van der Waals surface area contributed by atoms with Crippen molar-refractivity contribution >= 4 is 5.91 Å². The highest BCUT2D eigenvalue weighted by Gasteiger charge is 2.42. The van der Waals surface area contributed by atoms with E-state index in [2.05, 4.69) is 11.4 Å². The summed E-state index contributed by atoms with van der Waals surface area (Å²) in [7, 11) is 0. The number of hydrogen-bond donors (Lipinski definition) is 2. The minimum Gasteiger partial charge on any atom is -0.493 e. The molecule has 1 amide bonds. The van der Waals surface area contributed by atoms with Crippen LogP contribution in [0.25, 0.3) is 0 Å². The topological polar surface area (TPSA) is 64.4 Å². The first-order chi connectivity index (χ1) is 9.23. The van der Waals surface area contributed by atoms with Crippen molar-refractivity contribution in [3.8, 4) is 5.75 Å². The average molecular weight is 260 g/mol. The number of fused-ring (bicyclic) bond motifs is 1. The Morgan fingerprint density at radius 1 is 1.42 bits per heavy atom. The molecule has 1 saturated carbocycles. The van der Waals surface area contributed by atoms with Gasteiger partial charge in [-0.15, -0.1) is 0 Å². The third-order valence-corrected chi connectivity index (χ3v) is 4.39. The van der Waals surface area contributed by atoms with E-state index in [-0.39, 0.29) is 11.3 Å². The lowest BCUT2D eigenvalue weighted by atomic mass is 9.68. The lowest BCUT2D eigenvalue weighted by Crippen LogP contribution is -2.50. The normalized spacial score (nSPS) is 19.2. The fourth-order valence-corrected chi connectivity index (χ4v) is 2.85. The van der Waals surface area contributed by atoms with Crippen LogP contribution in [0.5, 0.6) is 5.75 Å². The van der Waals surface area contributed by atoms with Crippen molar-refractivity contribution < 1.29 is 9.53 Å².